The molecule has 108 valence electrons. The monoisotopic (exact) mass is 285 g/mol. The minimum absolute atomic E-state index is 0.232. The van der Waals surface area contributed by atoms with Gasteiger partial charge >= 0.3 is 0 Å². The average Bonchev–Trinajstić information content (AvgIpc) is 2.76. The number of hydrogen-bond acceptors (Lipinski definition) is 5. The minimum atomic E-state index is -0.232. The van der Waals surface area contributed by atoms with Crippen LogP contribution >= 0.6 is 11.8 Å². The quantitative estimate of drug-likeness (QED) is 0.661. The molecular formula is C12H23N5OS. The molecule has 0 radical (unpaired) electrons. The van der Waals surface area contributed by atoms with Crippen molar-refractivity contribution < 1.29 is 4.79 Å². The van der Waals surface area contributed by atoms with E-state index in [1.54, 1.807) is 16.4 Å². The number of carbonyl (C=O) groups excluding carboxylic acids is 1. The highest BCUT2D eigenvalue weighted by molar-refractivity contribution is 7.99. The molecule has 1 heterocycles. The molecule has 0 bridgehead atoms. The van der Waals surface area contributed by atoms with Gasteiger partial charge in [0.2, 0.25) is 5.91 Å². The first kappa shape index (κ1) is 15.9. The lowest BCUT2D eigenvalue weighted by molar-refractivity contribution is -0.118. The third-order valence-corrected chi connectivity index (χ3v) is 4.26. The van der Waals surface area contributed by atoms with Gasteiger partial charge in [0.1, 0.15) is 0 Å². The van der Waals surface area contributed by atoms with Crippen LogP contribution in [0.2, 0.25) is 0 Å². The molecule has 7 heteroatoms. The van der Waals surface area contributed by atoms with E-state index < -0.39 is 0 Å². The molecule has 1 rings (SSSR count). The Hall–Kier alpha value is -1.11. The van der Waals surface area contributed by atoms with Gasteiger partial charge in [-0.1, -0.05) is 32.6 Å². The summed E-state index contributed by atoms with van der Waals surface area (Å²) in [6.45, 7) is 2.19. The summed E-state index contributed by atoms with van der Waals surface area (Å²) < 4.78 is 1.66. The maximum atomic E-state index is 11.1. The van der Waals surface area contributed by atoms with E-state index in [9.17, 15) is 4.79 Å². The number of nitrogens with two attached hydrogens (primary N) is 1. The van der Waals surface area contributed by atoms with Gasteiger partial charge in [-0.25, -0.2) is 4.68 Å². The predicted octanol–water partition coefficient (Wildman–Crippen LogP) is 1.66. The van der Waals surface area contributed by atoms with E-state index in [-0.39, 0.29) is 11.2 Å². The van der Waals surface area contributed by atoms with Crippen LogP contribution in [0.4, 0.5) is 0 Å². The Balaban J connectivity index is 2.36. The van der Waals surface area contributed by atoms with E-state index in [1.807, 2.05) is 7.05 Å². The summed E-state index contributed by atoms with van der Waals surface area (Å²) >= 11 is 1.72. The number of aryl methyl sites for hydroxylation is 1. The molecule has 0 saturated heterocycles. The number of unbranched alkanes of at least 4 members (excludes halogenated alkanes) is 3. The van der Waals surface area contributed by atoms with Crippen molar-refractivity contribution in [3.63, 3.8) is 0 Å². The molecule has 1 aromatic rings. The van der Waals surface area contributed by atoms with Crippen molar-refractivity contribution in [3.05, 3.63) is 5.82 Å². The van der Waals surface area contributed by atoms with Gasteiger partial charge in [-0.2, -0.15) is 0 Å². The number of aromatic nitrogens is 4. The van der Waals surface area contributed by atoms with Crippen molar-refractivity contribution >= 4 is 17.7 Å². The second-order valence-electron chi connectivity index (χ2n) is 4.67. The molecule has 0 aliphatic heterocycles. The van der Waals surface area contributed by atoms with Gasteiger partial charge < -0.3 is 5.73 Å². The van der Waals surface area contributed by atoms with Crippen molar-refractivity contribution in [2.75, 3.05) is 0 Å². The molecule has 1 atom stereocenters. The van der Waals surface area contributed by atoms with E-state index in [2.05, 4.69) is 22.4 Å². The Morgan fingerprint density at radius 1 is 1.42 bits per heavy atom. The summed E-state index contributed by atoms with van der Waals surface area (Å²) in [5.41, 5.74) is 5.30. The predicted molar refractivity (Wildman–Crippen MR) is 76.5 cm³/mol. The van der Waals surface area contributed by atoms with Crippen molar-refractivity contribution in [1.29, 1.82) is 0 Å². The largest absolute Gasteiger partial charge is 0.370 e. The van der Waals surface area contributed by atoms with E-state index in [1.165, 1.54) is 19.3 Å². The van der Waals surface area contributed by atoms with Gasteiger partial charge in [0.25, 0.3) is 0 Å². The van der Waals surface area contributed by atoms with Crippen LogP contribution in [-0.2, 0) is 17.6 Å². The third kappa shape index (κ3) is 6.56. The summed E-state index contributed by atoms with van der Waals surface area (Å²) in [7, 11) is 1.82. The number of primary amides is 1. The van der Waals surface area contributed by atoms with Crippen LogP contribution in [-0.4, -0.2) is 31.4 Å². The van der Waals surface area contributed by atoms with E-state index >= 15 is 0 Å². The highest BCUT2D eigenvalue weighted by Gasteiger charge is 2.14. The number of tetrazole rings is 1. The molecule has 0 aliphatic carbocycles. The summed E-state index contributed by atoms with van der Waals surface area (Å²) in [5, 5.41) is 11.6. The number of nitrogens with zero attached hydrogens (tertiary/aromatic N) is 4. The molecule has 0 aliphatic rings. The van der Waals surface area contributed by atoms with Crippen LogP contribution < -0.4 is 5.73 Å². The molecule has 1 aromatic heterocycles. The molecule has 0 fully saturated rings. The zero-order valence-electron chi connectivity index (χ0n) is 11.7. The van der Waals surface area contributed by atoms with Gasteiger partial charge in [-0.3, -0.25) is 4.79 Å². The van der Waals surface area contributed by atoms with Crippen molar-refractivity contribution in [2.24, 2.45) is 12.8 Å². The van der Waals surface area contributed by atoms with Gasteiger partial charge in [-0.15, -0.1) is 16.9 Å². The van der Waals surface area contributed by atoms with Crippen LogP contribution in [0.3, 0.4) is 0 Å². The van der Waals surface area contributed by atoms with E-state index in [0.29, 0.717) is 6.42 Å². The fourth-order valence-corrected chi connectivity index (χ4v) is 3.07. The Kier molecular flexibility index (Phi) is 7.47. The minimum Gasteiger partial charge on any atom is -0.370 e. The number of rotatable bonds is 10. The lowest BCUT2D eigenvalue weighted by Crippen LogP contribution is -2.18. The van der Waals surface area contributed by atoms with Gasteiger partial charge in [0.05, 0.1) is 5.75 Å². The summed E-state index contributed by atoms with van der Waals surface area (Å²) in [6.07, 6.45) is 6.30. The first-order valence-electron chi connectivity index (χ1n) is 6.74. The molecular weight excluding hydrogens is 262 g/mol. The number of carbonyl (C=O) groups is 1. The summed E-state index contributed by atoms with van der Waals surface area (Å²) in [6, 6.07) is 0. The van der Waals surface area contributed by atoms with Crippen molar-refractivity contribution in [2.45, 2.75) is 56.5 Å². The normalized spacial score (nSPS) is 12.5. The van der Waals surface area contributed by atoms with Gasteiger partial charge in [0.15, 0.2) is 5.82 Å². The first-order chi connectivity index (χ1) is 9.13. The van der Waals surface area contributed by atoms with Crippen LogP contribution in [0.15, 0.2) is 0 Å². The lowest BCUT2D eigenvalue weighted by Gasteiger charge is -2.14. The van der Waals surface area contributed by atoms with Crippen molar-refractivity contribution in [3.8, 4) is 0 Å². The smallest absolute Gasteiger partial charge is 0.218 e. The Morgan fingerprint density at radius 3 is 2.79 bits per heavy atom. The summed E-state index contributed by atoms with van der Waals surface area (Å²) in [5.74, 6) is 1.31. The fourth-order valence-electron chi connectivity index (χ4n) is 1.83. The zero-order chi connectivity index (χ0) is 14.1. The molecule has 1 unspecified atom stereocenters. The van der Waals surface area contributed by atoms with Crippen LogP contribution in [0, 0.1) is 0 Å². The third-order valence-electron chi connectivity index (χ3n) is 2.96. The molecule has 0 saturated carbocycles. The maximum Gasteiger partial charge on any atom is 0.218 e. The molecule has 6 nitrogen and oxygen atoms in total. The fraction of sp³-hybridized carbons (Fsp3) is 0.833. The highest BCUT2D eigenvalue weighted by Crippen LogP contribution is 2.24. The number of thioether (sulfide) groups is 1. The first-order valence-corrected chi connectivity index (χ1v) is 7.79. The Bertz CT molecular complexity index is 382. The zero-order valence-corrected chi connectivity index (χ0v) is 12.5. The van der Waals surface area contributed by atoms with E-state index in [0.717, 1.165) is 24.4 Å². The molecule has 0 aromatic carbocycles. The second kappa shape index (κ2) is 8.90. The average molecular weight is 285 g/mol. The molecule has 1 amide bonds. The molecule has 2 N–H and O–H groups in total. The number of hydrogen-bond donors (Lipinski definition) is 1. The Labute approximate surface area is 118 Å². The second-order valence-corrected chi connectivity index (χ2v) is 5.96. The van der Waals surface area contributed by atoms with Crippen molar-refractivity contribution in [1.82, 2.24) is 20.2 Å². The number of amides is 1. The van der Waals surface area contributed by atoms with Gasteiger partial charge in [0, 0.05) is 18.7 Å². The highest BCUT2D eigenvalue weighted by atomic mass is 32.2. The Morgan fingerprint density at radius 2 is 2.21 bits per heavy atom. The van der Waals surface area contributed by atoms with Crippen LogP contribution in [0.5, 0.6) is 0 Å². The standard InChI is InChI=1S/C12H23N5OS/c1-3-4-5-6-7-10(8-11(13)18)19-9-12-14-15-16-17(12)2/h10H,3-9H2,1-2H3,(H2,13,18). The summed E-state index contributed by atoms with van der Waals surface area (Å²) in [4.78, 5) is 11.1. The van der Waals surface area contributed by atoms with Gasteiger partial charge in [-0.05, 0) is 16.8 Å². The lowest BCUT2D eigenvalue weighted by atomic mass is 10.1. The van der Waals surface area contributed by atoms with Crippen LogP contribution in [0.1, 0.15) is 51.3 Å². The molecule has 19 heavy (non-hydrogen) atoms. The molecule has 0 spiro atoms. The van der Waals surface area contributed by atoms with Crippen LogP contribution in [0.25, 0.3) is 0 Å². The SMILES string of the molecule is CCCCCCC(CC(N)=O)SCc1nnnn1C. The van der Waals surface area contributed by atoms with E-state index in [4.69, 9.17) is 5.73 Å². The topological polar surface area (TPSA) is 86.7 Å². The maximum absolute atomic E-state index is 11.1.